The number of Topliss-reactive ketones (excluding diaryl/α,β-unsaturated/α-hetero) is 1. The van der Waals surface area contributed by atoms with E-state index in [1.807, 2.05) is 72.8 Å². The summed E-state index contributed by atoms with van der Waals surface area (Å²) in [5, 5.41) is 8.88. The summed E-state index contributed by atoms with van der Waals surface area (Å²) in [6, 6.07) is 22.0. The molecule has 0 radical (unpaired) electrons. The Bertz CT molecular complexity index is 768. The van der Waals surface area contributed by atoms with E-state index in [9.17, 15) is 4.79 Å². The first-order valence-corrected chi connectivity index (χ1v) is 8.41. The number of carbonyl (C=O) groups excluding carboxylic acids is 1. The molecule has 3 heteroatoms. The standard InChI is InChI=1S/C22H20N2O/c23-12-7-13-24-16-20(14-18-8-3-1-4-9-18)22(25)21(17-24)15-19-10-5-2-6-11-19/h1-6,8-11,14-15H,7,13,16-17H2/b20-14-,21-15+. The molecule has 1 aliphatic rings. The zero-order valence-corrected chi connectivity index (χ0v) is 14.1. The van der Waals surface area contributed by atoms with Gasteiger partial charge in [0, 0.05) is 37.2 Å². The Morgan fingerprint density at radius 1 is 0.880 bits per heavy atom. The van der Waals surface area contributed by atoms with Crippen molar-refractivity contribution in [3.8, 4) is 6.07 Å². The summed E-state index contributed by atoms with van der Waals surface area (Å²) < 4.78 is 0. The Balaban J connectivity index is 1.92. The number of benzene rings is 2. The van der Waals surface area contributed by atoms with E-state index in [1.165, 1.54) is 0 Å². The lowest BCUT2D eigenvalue weighted by atomic mass is 9.94. The topological polar surface area (TPSA) is 44.1 Å². The van der Waals surface area contributed by atoms with Crippen LogP contribution in [0.4, 0.5) is 0 Å². The molecule has 0 aliphatic carbocycles. The third-order valence-electron chi connectivity index (χ3n) is 4.19. The molecule has 0 spiro atoms. The van der Waals surface area contributed by atoms with E-state index in [0.717, 1.165) is 22.3 Å². The second kappa shape index (κ2) is 8.23. The van der Waals surface area contributed by atoms with E-state index < -0.39 is 0 Å². The fraction of sp³-hybridized carbons (Fsp3) is 0.182. The summed E-state index contributed by atoms with van der Waals surface area (Å²) >= 11 is 0. The molecule has 0 bridgehead atoms. The van der Waals surface area contributed by atoms with Crippen molar-refractivity contribution in [2.45, 2.75) is 6.42 Å². The maximum absolute atomic E-state index is 12.9. The number of rotatable bonds is 4. The molecule has 0 amide bonds. The lowest BCUT2D eigenvalue weighted by Crippen LogP contribution is -2.38. The third kappa shape index (κ3) is 4.53. The molecule has 0 aromatic heterocycles. The molecular weight excluding hydrogens is 308 g/mol. The number of hydrogen-bond donors (Lipinski definition) is 0. The highest BCUT2D eigenvalue weighted by atomic mass is 16.1. The molecule has 1 fully saturated rings. The molecule has 1 aliphatic heterocycles. The van der Waals surface area contributed by atoms with Gasteiger partial charge in [-0.05, 0) is 23.3 Å². The Labute approximate surface area is 148 Å². The zero-order chi connectivity index (χ0) is 17.5. The Morgan fingerprint density at radius 2 is 1.36 bits per heavy atom. The Kier molecular flexibility index (Phi) is 5.56. The predicted octanol–water partition coefficient (Wildman–Crippen LogP) is 3.95. The molecule has 3 nitrogen and oxygen atoms in total. The SMILES string of the molecule is N#CCCN1C/C(=C/c2ccccc2)C(=O)/C(=C/c2ccccc2)C1. The first-order chi connectivity index (χ1) is 12.3. The number of likely N-dealkylation sites (tertiary alicyclic amines) is 1. The lowest BCUT2D eigenvalue weighted by Gasteiger charge is -2.29. The van der Waals surface area contributed by atoms with E-state index >= 15 is 0 Å². The van der Waals surface area contributed by atoms with Crippen LogP contribution in [0.2, 0.25) is 0 Å². The summed E-state index contributed by atoms with van der Waals surface area (Å²) in [7, 11) is 0. The van der Waals surface area contributed by atoms with Gasteiger partial charge >= 0.3 is 0 Å². The van der Waals surface area contributed by atoms with Crippen molar-refractivity contribution >= 4 is 17.9 Å². The quantitative estimate of drug-likeness (QED) is 0.798. The maximum Gasteiger partial charge on any atom is 0.187 e. The fourth-order valence-corrected chi connectivity index (χ4v) is 2.98. The molecule has 2 aromatic carbocycles. The molecular formula is C22H20N2O. The largest absolute Gasteiger partial charge is 0.294 e. The van der Waals surface area contributed by atoms with Crippen LogP contribution in [0.3, 0.4) is 0 Å². The molecule has 124 valence electrons. The molecule has 1 heterocycles. The number of piperidine rings is 1. The van der Waals surface area contributed by atoms with Crippen LogP contribution >= 0.6 is 0 Å². The van der Waals surface area contributed by atoms with Crippen LogP contribution in [0.15, 0.2) is 71.8 Å². The van der Waals surface area contributed by atoms with Gasteiger partial charge in [0.2, 0.25) is 0 Å². The van der Waals surface area contributed by atoms with Gasteiger partial charge in [-0.3, -0.25) is 9.69 Å². The molecule has 1 saturated heterocycles. The number of nitrogens with zero attached hydrogens (tertiary/aromatic N) is 2. The first-order valence-electron chi connectivity index (χ1n) is 8.41. The number of hydrogen-bond acceptors (Lipinski definition) is 3. The first kappa shape index (κ1) is 16.9. The second-order valence-electron chi connectivity index (χ2n) is 6.11. The van der Waals surface area contributed by atoms with Crippen molar-refractivity contribution in [2.75, 3.05) is 19.6 Å². The van der Waals surface area contributed by atoms with E-state index in [2.05, 4.69) is 11.0 Å². The van der Waals surface area contributed by atoms with Crippen molar-refractivity contribution in [3.05, 3.63) is 82.9 Å². The molecule has 25 heavy (non-hydrogen) atoms. The van der Waals surface area contributed by atoms with Gasteiger partial charge in [0.25, 0.3) is 0 Å². The van der Waals surface area contributed by atoms with E-state index in [-0.39, 0.29) is 5.78 Å². The highest BCUT2D eigenvalue weighted by Crippen LogP contribution is 2.22. The molecule has 0 atom stereocenters. The van der Waals surface area contributed by atoms with Crippen LogP contribution in [-0.4, -0.2) is 30.3 Å². The van der Waals surface area contributed by atoms with Crippen LogP contribution in [0.5, 0.6) is 0 Å². The second-order valence-corrected chi connectivity index (χ2v) is 6.11. The van der Waals surface area contributed by atoms with Gasteiger partial charge in [-0.1, -0.05) is 60.7 Å². The zero-order valence-electron chi connectivity index (χ0n) is 14.1. The van der Waals surface area contributed by atoms with Gasteiger partial charge in [-0.15, -0.1) is 0 Å². The van der Waals surface area contributed by atoms with E-state index in [0.29, 0.717) is 26.1 Å². The average molecular weight is 328 g/mol. The predicted molar refractivity (Wildman–Crippen MR) is 101 cm³/mol. The lowest BCUT2D eigenvalue weighted by molar-refractivity contribution is -0.113. The van der Waals surface area contributed by atoms with E-state index in [4.69, 9.17) is 5.26 Å². The van der Waals surface area contributed by atoms with Gasteiger partial charge < -0.3 is 0 Å². The summed E-state index contributed by atoms with van der Waals surface area (Å²) in [6.07, 6.45) is 4.38. The third-order valence-corrected chi connectivity index (χ3v) is 4.19. The van der Waals surface area contributed by atoms with E-state index in [1.54, 1.807) is 0 Å². The number of carbonyl (C=O) groups is 1. The van der Waals surface area contributed by atoms with Gasteiger partial charge in [0.1, 0.15) is 0 Å². The number of nitriles is 1. The normalized spacial score (nSPS) is 18.4. The average Bonchev–Trinajstić information content (AvgIpc) is 2.65. The van der Waals surface area contributed by atoms with Crippen LogP contribution in [-0.2, 0) is 4.79 Å². The summed E-state index contributed by atoms with van der Waals surface area (Å²) in [5.41, 5.74) is 3.59. The van der Waals surface area contributed by atoms with Crippen LogP contribution < -0.4 is 0 Å². The van der Waals surface area contributed by atoms with Crippen LogP contribution in [0, 0.1) is 11.3 Å². The van der Waals surface area contributed by atoms with Crippen molar-refractivity contribution < 1.29 is 4.79 Å². The smallest absolute Gasteiger partial charge is 0.187 e. The van der Waals surface area contributed by atoms with Gasteiger partial charge in [0.15, 0.2) is 5.78 Å². The van der Waals surface area contributed by atoms with Crippen molar-refractivity contribution in [3.63, 3.8) is 0 Å². The maximum atomic E-state index is 12.9. The molecule has 0 saturated carbocycles. The minimum atomic E-state index is 0.0981. The molecule has 2 aromatic rings. The van der Waals surface area contributed by atoms with Crippen LogP contribution in [0.25, 0.3) is 12.2 Å². The number of ketones is 1. The summed E-state index contributed by atoms with van der Waals surface area (Å²) in [6.45, 7) is 1.84. The van der Waals surface area contributed by atoms with Crippen LogP contribution in [0.1, 0.15) is 17.5 Å². The molecule has 3 rings (SSSR count). The molecule has 0 N–H and O–H groups in total. The van der Waals surface area contributed by atoms with Gasteiger partial charge in [0.05, 0.1) is 6.07 Å². The minimum Gasteiger partial charge on any atom is -0.294 e. The molecule has 0 unspecified atom stereocenters. The van der Waals surface area contributed by atoms with Gasteiger partial charge in [-0.2, -0.15) is 5.26 Å². The van der Waals surface area contributed by atoms with Crippen molar-refractivity contribution in [1.82, 2.24) is 4.90 Å². The van der Waals surface area contributed by atoms with Gasteiger partial charge in [-0.25, -0.2) is 0 Å². The van der Waals surface area contributed by atoms with Crippen molar-refractivity contribution in [1.29, 1.82) is 5.26 Å². The monoisotopic (exact) mass is 328 g/mol. The fourth-order valence-electron chi connectivity index (χ4n) is 2.98. The summed E-state index contributed by atoms with van der Waals surface area (Å²) in [5.74, 6) is 0.0981. The Morgan fingerprint density at radius 3 is 1.80 bits per heavy atom. The summed E-state index contributed by atoms with van der Waals surface area (Å²) in [4.78, 5) is 15.1. The Hall–Kier alpha value is -2.96. The minimum absolute atomic E-state index is 0.0981. The highest BCUT2D eigenvalue weighted by Gasteiger charge is 2.25. The van der Waals surface area contributed by atoms with Crippen molar-refractivity contribution in [2.24, 2.45) is 0 Å². The highest BCUT2D eigenvalue weighted by molar-refractivity contribution is 6.14.